The van der Waals surface area contributed by atoms with Crippen LogP contribution in [-0.4, -0.2) is 45.4 Å². The Morgan fingerprint density at radius 3 is 2.62 bits per heavy atom. The third kappa shape index (κ3) is 2.65. The van der Waals surface area contributed by atoms with Crippen LogP contribution in [0.3, 0.4) is 0 Å². The number of carbonyl (C=O) groups excluding carboxylic acids is 2. The Bertz CT molecular complexity index is 699. The summed E-state index contributed by atoms with van der Waals surface area (Å²) in [6.07, 6.45) is 5.12. The number of rotatable bonds is 1. The molecule has 0 unspecified atom stereocenters. The van der Waals surface area contributed by atoms with Gasteiger partial charge in [0.05, 0.1) is 24.1 Å². The van der Waals surface area contributed by atoms with Crippen LogP contribution >= 0.6 is 0 Å². The van der Waals surface area contributed by atoms with Gasteiger partial charge in [-0.25, -0.2) is 9.69 Å². The standard InChI is InChI=1S/C17H24N4O3/c1-16(2,3)24-15(23)20-9-13-12(8-18-21(13)10-14(20)22)19-7-6-17(11-19)4-5-17/h8H,4-7,9-11H2,1-3H3. The van der Waals surface area contributed by atoms with Gasteiger partial charge in [-0.15, -0.1) is 0 Å². The second-order valence-corrected chi connectivity index (χ2v) is 8.27. The fraction of sp³-hybridized carbons (Fsp3) is 0.706. The lowest BCUT2D eigenvalue weighted by atomic mass is 10.1. The van der Waals surface area contributed by atoms with Crippen LogP contribution < -0.4 is 4.90 Å². The largest absolute Gasteiger partial charge is 0.443 e. The van der Waals surface area contributed by atoms with Crippen molar-refractivity contribution in [1.29, 1.82) is 0 Å². The number of ether oxygens (including phenoxy) is 1. The van der Waals surface area contributed by atoms with E-state index in [0.717, 1.165) is 24.5 Å². The molecule has 1 saturated carbocycles. The van der Waals surface area contributed by atoms with Crippen molar-refractivity contribution >= 4 is 17.7 Å². The molecule has 0 N–H and O–H groups in total. The number of imide groups is 1. The van der Waals surface area contributed by atoms with Crippen molar-refractivity contribution in [3.63, 3.8) is 0 Å². The Labute approximate surface area is 141 Å². The minimum absolute atomic E-state index is 0.0908. The molecule has 3 aliphatic rings. The molecule has 0 aromatic carbocycles. The molecule has 2 aliphatic heterocycles. The summed E-state index contributed by atoms with van der Waals surface area (Å²) in [6, 6.07) is 0. The minimum atomic E-state index is -0.620. The average Bonchev–Trinajstić information content (AvgIpc) is 2.90. The van der Waals surface area contributed by atoms with Gasteiger partial charge in [-0.05, 0) is 45.4 Å². The third-order valence-electron chi connectivity index (χ3n) is 5.17. The highest BCUT2D eigenvalue weighted by atomic mass is 16.6. The molecule has 1 spiro atoms. The van der Waals surface area contributed by atoms with Crippen molar-refractivity contribution in [2.75, 3.05) is 18.0 Å². The maximum atomic E-state index is 12.3. The molecule has 24 heavy (non-hydrogen) atoms. The summed E-state index contributed by atoms with van der Waals surface area (Å²) in [6.45, 7) is 7.81. The molecule has 7 heteroatoms. The van der Waals surface area contributed by atoms with E-state index in [9.17, 15) is 9.59 Å². The minimum Gasteiger partial charge on any atom is -0.443 e. The summed E-state index contributed by atoms with van der Waals surface area (Å²) in [7, 11) is 0. The van der Waals surface area contributed by atoms with Crippen molar-refractivity contribution in [2.45, 2.75) is 58.7 Å². The van der Waals surface area contributed by atoms with Crippen LogP contribution in [0.5, 0.6) is 0 Å². The maximum Gasteiger partial charge on any atom is 0.417 e. The van der Waals surface area contributed by atoms with E-state index in [2.05, 4.69) is 10.00 Å². The van der Waals surface area contributed by atoms with E-state index in [1.807, 2.05) is 6.20 Å². The zero-order valence-electron chi connectivity index (χ0n) is 14.5. The maximum absolute atomic E-state index is 12.3. The molecule has 3 heterocycles. The lowest BCUT2D eigenvalue weighted by Gasteiger charge is -2.30. The second-order valence-electron chi connectivity index (χ2n) is 8.27. The lowest BCUT2D eigenvalue weighted by Crippen LogP contribution is -2.45. The Hall–Kier alpha value is -2.05. The quantitative estimate of drug-likeness (QED) is 0.788. The lowest BCUT2D eigenvalue weighted by molar-refractivity contribution is -0.133. The molecule has 2 amide bonds. The molecule has 0 radical (unpaired) electrons. The number of hydrogen-bond acceptors (Lipinski definition) is 5. The van der Waals surface area contributed by atoms with E-state index in [0.29, 0.717) is 5.41 Å². The SMILES string of the molecule is CC(C)(C)OC(=O)N1Cc2c(N3CCC4(CC4)C3)cnn2CC1=O. The van der Waals surface area contributed by atoms with Gasteiger partial charge in [-0.2, -0.15) is 5.10 Å². The van der Waals surface area contributed by atoms with Crippen molar-refractivity contribution in [2.24, 2.45) is 5.41 Å². The summed E-state index contributed by atoms with van der Waals surface area (Å²) in [5, 5.41) is 4.36. The van der Waals surface area contributed by atoms with Gasteiger partial charge in [0, 0.05) is 13.1 Å². The molecule has 0 atom stereocenters. The predicted molar refractivity (Wildman–Crippen MR) is 87.5 cm³/mol. The van der Waals surface area contributed by atoms with Gasteiger partial charge < -0.3 is 9.64 Å². The van der Waals surface area contributed by atoms with Gasteiger partial charge >= 0.3 is 6.09 Å². The Kier molecular flexibility index (Phi) is 3.21. The van der Waals surface area contributed by atoms with Crippen molar-refractivity contribution in [3.05, 3.63) is 11.9 Å². The van der Waals surface area contributed by atoms with Crippen LogP contribution in [-0.2, 0) is 22.6 Å². The van der Waals surface area contributed by atoms with Crippen molar-refractivity contribution < 1.29 is 14.3 Å². The number of aromatic nitrogens is 2. The number of amides is 2. The molecule has 1 aliphatic carbocycles. The number of carbonyl (C=O) groups is 2. The van der Waals surface area contributed by atoms with Crippen LogP contribution in [0.1, 0.15) is 45.7 Å². The molecule has 1 aromatic heterocycles. The van der Waals surface area contributed by atoms with E-state index >= 15 is 0 Å². The zero-order chi connectivity index (χ0) is 17.1. The summed E-state index contributed by atoms with van der Waals surface area (Å²) in [5.41, 5.74) is 1.88. The first-order valence-electron chi connectivity index (χ1n) is 8.59. The monoisotopic (exact) mass is 332 g/mol. The van der Waals surface area contributed by atoms with Gasteiger partial charge in [0.2, 0.25) is 0 Å². The fourth-order valence-electron chi connectivity index (χ4n) is 3.62. The van der Waals surface area contributed by atoms with Crippen LogP contribution in [0.2, 0.25) is 0 Å². The zero-order valence-corrected chi connectivity index (χ0v) is 14.5. The predicted octanol–water partition coefficient (Wildman–Crippen LogP) is 2.15. The summed E-state index contributed by atoms with van der Waals surface area (Å²) >= 11 is 0. The molecule has 0 bridgehead atoms. The van der Waals surface area contributed by atoms with Crippen LogP contribution in [0.4, 0.5) is 10.5 Å². The topological polar surface area (TPSA) is 67.7 Å². The smallest absolute Gasteiger partial charge is 0.417 e. The van der Waals surface area contributed by atoms with Crippen LogP contribution in [0.25, 0.3) is 0 Å². The van der Waals surface area contributed by atoms with Gasteiger partial charge in [-0.1, -0.05) is 0 Å². The molecule has 4 rings (SSSR count). The molecule has 1 saturated heterocycles. The molecule has 2 fully saturated rings. The van der Waals surface area contributed by atoms with Crippen molar-refractivity contribution in [1.82, 2.24) is 14.7 Å². The van der Waals surface area contributed by atoms with Gasteiger partial charge in [0.1, 0.15) is 12.1 Å². The number of fused-ring (bicyclic) bond motifs is 1. The molecule has 130 valence electrons. The van der Waals surface area contributed by atoms with E-state index < -0.39 is 11.7 Å². The molecular weight excluding hydrogens is 308 g/mol. The van der Waals surface area contributed by atoms with Crippen LogP contribution in [0.15, 0.2) is 6.20 Å². The normalized spacial score (nSPS) is 22.0. The summed E-state index contributed by atoms with van der Waals surface area (Å²) in [5.74, 6) is -0.272. The molecular formula is C17H24N4O3. The number of nitrogens with zero attached hydrogens (tertiary/aromatic N) is 4. The van der Waals surface area contributed by atoms with Gasteiger partial charge in [-0.3, -0.25) is 9.48 Å². The molecule has 7 nitrogen and oxygen atoms in total. The highest BCUT2D eigenvalue weighted by Crippen LogP contribution is 2.53. The summed E-state index contributed by atoms with van der Waals surface area (Å²) in [4.78, 5) is 28.2. The van der Waals surface area contributed by atoms with E-state index in [1.54, 1.807) is 25.5 Å². The summed E-state index contributed by atoms with van der Waals surface area (Å²) < 4.78 is 7.09. The van der Waals surface area contributed by atoms with E-state index in [4.69, 9.17) is 4.74 Å². The molecule has 1 aromatic rings. The van der Waals surface area contributed by atoms with Crippen LogP contribution in [0, 0.1) is 5.41 Å². The number of hydrogen-bond donors (Lipinski definition) is 0. The Balaban J connectivity index is 1.55. The third-order valence-corrected chi connectivity index (χ3v) is 5.17. The average molecular weight is 332 g/mol. The Morgan fingerprint density at radius 2 is 2.00 bits per heavy atom. The highest BCUT2D eigenvalue weighted by molar-refractivity contribution is 5.92. The van der Waals surface area contributed by atoms with Gasteiger partial charge in [0.25, 0.3) is 5.91 Å². The Morgan fingerprint density at radius 1 is 1.25 bits per heavy atom. The first kappa shape index (κ1) is 15.5. The van der Waals surface area contributed by atoms with E-state index in [1.165, 1.54) is 24.2 Å². The van der Waals surface area contributed by atoms with E-state index in [-0.39, 0.29) is 19.0 Å². The second kappa shape index (κ2) is 4.97. The first-order valence-corrected chi connectivity index (χ1v) is 8.59. The highest BCUT2D eigenvalue weighted by Gasteiger charge is 2.48. The van der Waals surface area contributed by atoms with Crippen molar-refractivity contribution in [3.8, 4) is 0 Å². The van der Waals surface area contributed by atoms with Gasteiger partial charge in [0.15, 0.2) is 0 Å². The fourth-order valence-corrected chi connectivity index (χ4v) is 3.62. The number of anilines is 1. The first-order chi connectivity index (χ1) is 11.3.